The topological polar surface area (TPSA) is 49.2 Å². The standard InChI is InChI=1S/C20H22ClN3OS/c1-4-11-24(13(2)15-7-9-22-10-8-15)20-23-19(14(3)26-20)17-6-5-16(25)12-18(17)21/h5-10,12-13,25H,4,11H2,1-3H3. The predicted octanol–water partition coefficient (Wildman–Crippen LogP) is 5.85. The van der Waals surface area contributed by atoms with E-state index in [2.05, 4.69) is 30.7 Å². The SMILES string of the molecule is CCCN(c1nc(-c2ccc(O)cc2Cl)c(C)s1)C(C)c1ccncc1. The van der Waals surface area contributed by atoms with Crippen LogP contribution >= 0.6 is 22.9 Å². The van der Waals surface area contributed by atoms with Crippen molar-refractivity contribution in [1.82, 2.24) is 9.97 Å². The summed E-state index contributed by atoms with van der Waals surface area (Å²) in [7, 11) is 0. The van der Waals surface area contributed by atoms with Gasteiger partial charge in [0, 0.05) is 29.4 Å². The molecule has 3 aromatic rings. The molecule has 2 aromatic heterocycles. The number of hydrogen-bond donors (Lipinski definition) is 1. The molecule has 0 aliphatic heterocycles. The number of thiazole rings is 1. The molecule has 1 unspecified atom stereocenters. The van der Waals surface area contributed by atoms with Gasteiger partial charge in [0.1, 0.15) is 5.75 Å². The van der Waals surface area contributed by atoms with Gasteiger partial charge in [-0.15, -0.1) is 11.3 Å². The zero-order valence-electron chi connectivity index (χ0n) is 15.1. The van der Waals surface area contributed by atoms with Crippen molar-refractivity contribution in [2.75, 3.05) is 11.4 Å². The van der Waals surface area contributed by atoms with Crippen LogP contribution in [0.25, 0.3) is 11.3 Å². The molecule has 0 aliphatic carbocycles. The second kappa shape index (κ2) is 8.06. The molecule has 26 heavy (non-hydrogen) atoms. The van der Waals surface area contributed by atoms with E-state index in [1.54, 1.807) is 23.5 Å². The van der Waals surface area contributed by atoms with E-state index in [0.29, 0.717) is 5.02 Å². The summed E-state index contributed by atoms with van der Waals surface area (Å²) in [5.74, 6) is 0.158. The van der Waals surface area contributed by atoms with Crippen LogP contribution < -0.4 is 4.90 Å². The normalized spacial score (nSPS) is 12.2. The molecule has 4 nitrogen and oxygen atoms in total. The lowest BCUT2D eigenvalue weighted by Gasteiger charge is -2.28. The summed E-state index contributed by atoms with van der Waals surface area (Å²) in [6, 6.07) is 9.31. The monoisotopic (exact) mass is 387 g/mol. The maximum atomic E-state index is 9.60. The molecule has 0 aliphatic rings. The van der Waals surface area contributed by atoms with Crippen LogP contribution in [-0.4, -0.2) is 21.6 Å². The number of rotatable bonds is 6. The number of phenols is 1. The zero-order chi connectivity index (χ0) is 18.7. The molecule has 0 radical (unpaired) electrons. The first-order valence-corrected chi connectivity index (χ1v) is 9.83. The van der Waals surface area contributed by atoms with E-state index in [-0.39, 0.29) is 11.8 Å². The molecule has 6 heteroatoms. The molecular weight excluding hydrogens is 366 g/mol. The van der Waals surface area contributed by atoms with Crippen LogP contribution in [0, 0.1) is 6.92 Å². The number of pyridine rings is 1. The number of halogens is 1. The van der Waals surface area contributed by atoms with Gasteiger partial charge in [-0.25, -0.2) is 4.98 Å². The Kier molecular flexibility index (Phi) is 5.79. The fourth-order valence-electron chi connectivity index (χ4n) is 2.97. The van der Waals surface area contributed by atoms with Gasteiger partial charge in [0.05, 0.1) is 16.8 Å². The molecule has 0 amide bonds. The Morgan fingerprint density at radius 2 is 1.96 bits per heavy atom. The summed E-state index contributed by atoms with van der Waals surface area (Å²) < 4.78 is 0. The Labute approximate surface area is 163 Å². The van der Waals surface area contributed by atoms with Gasteiger partial charge < -0.3 is 10.0 Å². The van der Waals surface area contributed by atoms with Gasteiger partial charge in [-0.3, -0.25) is 4.98 Å². The van der Waals surface area contributed by atoms with Gasteiger partial charge in [0.2, 0.25) is 0 Å². The van der Waals surface area contributed by atoms with E-state index in [1.165, 1.54) is 5.56 Å². The highest BCUT2D eigenvalue weighted by molar-refractivity contribution is 7.16. The van der Waals surface area contributed by atoms with Crippen LogP contribution in [0.1, 0.15) is 36.8 Å². The summed E-state index contributed by atoms with van der Waals surface area (Å²) >= 11 is 8.00. The second-order valence-electron chi connectivity index (χ2n) is 6.22. The van der Waals surface area contributed by atoms with E-state index in [4.69, 9.17) is 16.6 Å². The maximum Gasteiger partial charge on any atom is 0.186 e. The molecular formula is C20H22ClN3OS. The lowest BCUT2D eigenvalue weighted by atomic mass is 10.1. The fourth-order valence-corrected chi connectivity index (χ4v) is 4.26. The number of benzene rings is 1. The zero-order valence-corrected chi connectivity index (χ0v) is 16.7. The Morgan fingerprint density at radius 3 is 2.62 bits per heavy atom. The third-order valence-corrected chi connectivity index (χ3v) is 5.68. The lowest BCUT2D eigenvalue weighted by molar-refractivity contribution is 0.475. The Morgan fingerprint density at radius 1 is 1.23 bits per heavy atom. The number of aromatic hydroxyl groups is 1. The first-order chi connectivity index (χ1) is 12.5. The van der Waals surface area contributed by atoms with Gasteiger partial charge in [0.25, 0.3) is 0 Å². The van der Waals surface area contributed by atoms with Gasteiger partial charge in [-0.1, -0.05) is 18.5 Å². The van der Waals surface area contributed by atoms with Crippen molar-refractivity contribution >= 4 is 28.1 Å². The molecule has 0 spiro atoms. The van der Waals surface area contributed by atoms with Gasteiger partial charge in [0.15, 0.2) is 5.13 Å². The van der Waals surface area contributed by atoms with Crippen LogP contribution in [-0.2, 0) is 0 Å². The smallest absolute Gasteiger partial charge is 0.186 e. The van der Waals surface area contributed by atoms with Crippen molar-refractivity contribution in [1.29, 1.82) is 0 Å². The number of anilines is 1. The van der Waals surface area contributed by atoms with Crippen LogP contribution in [0.15, 0.2) is 42.7 Å². The van der Waals surface area contributed by atoms with Crippen LogP contribution in [0.3, 0.4) is 0 Å². The molecule has 0 fully saturated rings. The highest BCUT2D eigenvalue weighted by atomic mass is 35.5. The van der Waals surface area contributed by atoms with Crippen molar-refractivity contribution < 1.29 is 5.11 Å². The Hall–Kier alpha value is -2.11. The molecule has 0 saturated carbocycles. The summed E-state index contributed by atoms with van der Waals surface area (Å²) in [6.45, 7) is 7.33. The maximum absolute atomic E-state index is 9.60. The Balaban J connectivity index is 1.99. The molecule has 1 atom stereocenters. The van der Waals surface area contributed by atoms with Gasteiger partial charge in [-0.2, -0.15) is 0 Å². The minimum absolute atomic E-state index is 0.158. The van der Waals surface area contributed by atoms with E-state index >= 15 is 0 Å². The van der Waals surface area contributed by atoms with Crippen molar-refractivity contribution in [3.05, 3.63) is 58.2 Å². The average molecular weight is 388 g/mol. The average Bonchev–Trinajstić information content (AvgIpc) is 3.01. The van der Waals surface area contributed by atoms with Crippen molar-refractivity contribution in [2.45, 2.75) is 33.2 Å². The first kappa shape index (κ1) is 18.7. The number of phenolic OH excluding ortho intramolecular Hbond substituents is 1. The number of aromatic nitrogens is 2. The third kappa shape index (κ3) is 3.84. The number of aryl methyl sites for hydroxylation is 1. The fraction of sp³-hybridized carbons (Fsp3) is 0.300. The summed E-state index contributed by atoms with van der Waals surface area (Å²) in [5, 5.41) is 11.1. The van der Waals surface area contributed by atoms with Crippen molar-refractivity contribution in [2.24, 2.45) is 0 Å². The molecule has 2 heterocycles. The van der Waals surface area contributed by atoms with Crippen LogP contribution in [0.4, 0.5) is 5.13 Å². The quantitative estimate of drug-likeness (QED) is 0.576. The Bertz CT molecular complexity index is 882. The highest BCUT2D eigenvalue weighted by Crippen LogP contribution is 2.39. The summed E-state index contributed by atoms with van der Waals surface area (Å²) in [6.07, 6.45) is 4.68. The minimum atomic E-state index is 0.158. The highest BCUT2D eigenvalue weighted by Gasteiger charge is 2.21. The van der Waals surface area contributed by atoms with Gasteiger partial charge >= 0.3 is 0 Å². The van der Waals surface area contributed by atoms with E-state index in [1.807, 2.05) is 30.6 Å². The third-order valence-electron chi connectivity index (χ3n) is 4.36. The van der Waals surface area contributed by atoms with Crippen molar-refractivity contribution in [3.63, 3.8) is 0 Å². The van der Waals surface area contributed by atoms with Crippen LogP contribution in [0.5, 0.6) is 5.75 Å². The molecule has 0 saturated heterocycles. The second-order valence-corrected chi connectivity index (χ2v) is 7.80. The van der Waals surface area contributed by atoms with E-state index in [0.717, 1.165) is 34.2 Å². The van der Waals surface area contributed by atoms with E-state index in [9.17, 15) is 5.11 Å². The van der Waals surface area contributed by atoms with Crippen LogP contribution in [0.2, 0.25) is 5.02 Å². The molecule has 0 bridgehead atoms. The summed E-state index contributed by atoms with van der Waals surface area (Å²) in [5.41, 5.74) is 2.93. The van der Waals surface area contributed by atoms with Gasteiger partial charge in [-0.05, 0) is 56.2 Å². The predicted molar refractivity (Wildman–Crippen MR) is 109 cm³/mol. The van der Waals surface area contributed by atoms with E-state index < -0.39 is 0 Å². The van der Waals surface area contributed by atoms with Crippen molar-refractivity contribution in [3.8, 4) is 17.0 Å². The number of nitrogens with zero attached hydrogens (tertiary/aromatic N) is 3. The molecule has 136 valence electrons. The largest absolute Gasteiger partial charge is 0.508 e. The minimum Gasteiger partial charge on any atom is -0.508 e. The summed E-state index contributed by atoms with van der Waals surface area (Å²) in [4.78, 5) is 12.4. The lowest BCUT2D eigenvalue weighted by Crippen LogP contribution is -2.27. The first-order valence-electron chi connectivity index (χ1n) is 8.64. The molecule has 3 rings (SSSR count). The number of hydrogen-bond acceptors (Lipinski definition) is 5. The molecule has 1 N–H and O–H groups in total. The molecule has 1 aromatic carbocycles.